The number of thioether (sulfide) groups is 1. The molecule has 0 amide bonds. The van der Waals surface area contributed by atoms with Crippen molar-refractivity contribution in [3.05, 3.63) is 21.6 Å². The van der Waals surface area contributed by atoms with Crippen LogP contribution in [0.1, 0.15) is 24.1 Å². The van der Waals surface area contributed by atoms with Crippen molar-refractivity contribution in [3.8, 4) is 0 Å². The van der Waals surface area contributed by atoms with E-state index in [9.17, 15) is 4.79 Å². The van der Waals surface area contributed by atoms with E-state index in [4.69, 9.17) is 0 Å². The highest BCUT2D eigenvalue weighted by molar-refractivity contribution is 7.99. The second-order valence-electron chi connectivity index (χ2n) is 3.83. The van der Waals surface area contributed by atoms with E-state index in [1.165, 1.54) is 6.42 Å². The summed E-state index contributed by atoms with van der Waals surface area (Å²) in [5, 5.41) is 0.940. The second kappa shape index (κ2) is 3.12. The first-order chi connectivity index (χ1) is 6.86. The van der Waals surface area contributed by atoms with Crippen LogP contribution in [-0.2, 0) is 19.4 Å². The summed E-state index contributed by atoms with van der Waals surface area (Å²) in [6.07, 6.45) is 4.27. The molecule has 0 spiro atoms. The minimum absolute atomic E-state index is 0.231. The third-order valence-corrected chi connectivity index (χ3v) is 3.91. The van der Waals surface area contributed by atoms with Crippen LogP contribution in [0.3, 0.4) is 0 Å². The van der Waals surface area contributed by atoms with Crippen LogP contribution < -0.4 is 5.56 Å². The second-order valence-corrected chi connectivity index (χ2v) is 4.89. The van der Waals surface area contributed by atoms with Gasteiger partial charge < -0.3 is 0 Å². The first-order valence-corrected chi connectivity index (χ1v) is 6.10. The third-order valence-electron chi connectivity index (χ3n) is 2.95. The molecule has 0 radical (unpaired) electrons. The number of aryl methyl sites for hydroxylation is 1. The Hall–Kier alpha value is -0.770. The van der Waals surface area contributed by atoms with Crippen molar-refractivity contribution in [1.29, 1.82) is 0 Å². The predicted octanol–water partition coefficient (Wildman–Crippen LogP) is 1.23. The molecule has 0 aromatic carbocycles. The van der Waals surface area contributed by atoms with E-state index in [0.717, 1.165) is 48.0 Å². The predicted molar refractivity (Wildman–Crippen MR) is 55.9 cm³/mol. The Morgan fingerprint density at radius 3 is 3.07 bits per heavy atom. The van der Waals surface area contributed by atoms with E-state index in [1.807, 2.05) is 4.57 Å². The van der Waals surface area contributed by atoms with Crippen molar-refractivity contribution in [2.45, 2.75) is 37.4 Å². The van der Waals surface area contributed by atoms with E-state index >= 15 is 0 Å². The van der Waals surface area contributed by atoms with Crippen LogP contribution in [0.4, 0.5) is 0 Å². The van der Waals surface area contributed by atoms with Crippen LogP contribution >= 0.6 is 11.8 Å². The molecule has 0 saturated heterocycles. The zero-order valence-corrected chi connectivity index (χ0v) is 8.77. The Bertz CT molecular complexity index is 438. The summed E-state index contributed by atoms with van der Waals surface area (Å²) in [4.78, 5) is 16.6. The van der Waals surface area contributed by atoms with Crippen LogP contribution in [0.5, 0.6) is 0 Å². The minimum Gasteiger partial charge on any atom is -0.287 e. The fourth-order valence-electron chi connectivity index (χ4n) is 2.20. The molecular formula is C10H12N2OS. The first-order valence-electron chi connectivity index (χ1n) is 5.11. The zero-order valence-electron chi connectivity index (χ0n) is 7.95. The molecule has 3 rings (SSSR count). The van der Waals surface area contributed by atoms with Gasteiger partial charge in [0, 0.05) is 17.9 Å². The Kier molecular flexibility index (Phi) is 1.90. The molecule has 0 unspecified atom stereocenters. The van der Waals surface area contributed by atoms with Gasteiger partial charge in [0.1, 0.15) is 0 Å². The van der Waals surface area contributed by atoms with E-state index in [-0.39, 0.29) is 5.56 Å². The summed E-state index contributed by atoms with van der Waals surface area (Å²) in [5.74, 6) is 1.01. The molecule has 1 aliphatic carbocycles. The number of nitrogens with zero attached hydrogens (tertiary/aromatic N) is 2. The van der Waals surface area contributed by atoms with Gasteiger partial charge in [-0.15, -0.1) is 0 Å². The van der Waals surface area contributed by atoms with Crippen molar-refractivity contribution < 1.29 is 0 Å². The van der Waals surface area contributed by atoms with Gasteiger partial charge in [-0.3, -0.25) is 9.36 Å². The number of fused-ring (bicyclic) bond motifs is 2. The molecule has 0 bridgehead atoms. The smallest absolute Gasteiger partial charge is 0.257 e. The van der Waals surface area contributed by atoms with Crippen molar-refractivity contribution in [2.24, 2.45) is 0 Å². The lowest BCUT2D eigenvalue weighted by Gasteiger charge is -2.15. The summed E-state index contributed by atoms with van der Waals surface area (Å²) >= 11 is 1.71. The highest BCUT2D eigenvalue weighted by atomic mass is 32.2. The maximum Gasteiger partial charge on any atom is 0.257 e. The molecule has 4 heteroatoms. The molecule has 0 atom stereocenters. The molecule has 2 heterocycles. The highest BCUT2D eigenvalue weighted by Gasteiger charge is 2.21. The van der Waals surface area contributed by atoms with Crippen LogP contribution in [0.25, 0.3) is 0 Å². The normalized spacial score (nSPS) is 19.1. The summed E-state index contributed by atoms with van der Waals surface area (Å²) in [7, 11) is 0. The van der Waals surface area contributed by atoms with Crippen molar-refractivity contribution in [1.82, 2.24) is 9.55 Å². The molecule has 1 aromatic heterocycles. The summed E-state index contributed by atoms with van der Waals surface area (Å²) in [5.41, 5.74) is 2.29. The molecule has 0 N–H and O–H groups in total. The minimum atomic E-state index is 0.231. The number of hydrogen-bond acceptors (Lipinski definition) is 3. The van der Waals surface area contributed by atoms with E-state index in [1.54, 1.807) is 11.8 Å². The molecule has 74 valence electrons. The maximum atomic E-state index is 12.0. The number of hydrogen-bond donors (Lipinski definition) is 0. The molecular weight excluding hydrogens is 196 g/mol. The van der Waals surface area contributed by atoms with Gasteiger partial charge >= 0.3 is 0 Å². The van der Waals surface area contributed by atoms with Gasteiger partial charge in [0.15, 0.2) is 5.16 Å². The zero-order chi connectivity index (χ0) is 9.54. The van der Waals surface area contributed by atoms with E-state index in [2.05, 4.69) is 4.98 Å². The Morgan fingerprint density at radius 2 is 2.14 bits per heavy atom. The Morgan fingerprint density at radius 1 is 1.29 bits per heavy atom. The van der Waals surface area contributed by atoms with Crippen LogP contribution in [-0.4, -0.2) is 15.3 Å². The molecule has 14 heavy (non-hydrogen) atoms. The van der Waals surface area contributed by atoms with Gasteiger partial charge in [0.2, 0.25) is 0 Å². The fraction of sp³-hybridized carbons (Fsp3) is 0.600. The van der Waals surface area contributed by atoms with Crippen LogP contribution in [0.2, 0.25) is 0 Å². The summed E-state index contributed by atoms with van der Waals surface area (Å²) in [6, 6.07) is 0. The highest BCUT2D eigenvalue weighted by Crippen LogP contribution is 2.25. The fourth-order valence-corrected chi connectivity index (χ4v) is 3.17. The molecule has 2 aliphatic rings. The standard InChI is InChI=1S/C10H12N2OS/c13-9-7-3-1-2-4-8(7)11-10-12(9)5-6-14-10/h1-6H2. The lowest BCUT2D eigenvalue weighted by molar-refractivity contribution is 0.583. The van der Waals surface area contributed by atoms with Crippen molar-refractivity contribution >= 4 is 11.8 Å². The molecule has 1 aromatic rings. The topological polar surface area (TPSA) is 34.9 Å². The van der Waals surface area contributed by atoms with Gasteiger partial charge in [-0.2, -0.15) is 0 Å². The van der Waals surface area contributed by atoms with Gasteiger partial charge in [0.25, 0.3) is 5.56 Å². The summed E-state index contributed by atoms with van der Waals surface area (Å²) in [6.45, 7) is 0.846. The van der Waals surface area contributed by atoms with Gasteiger partial charge in [-0.05, 0) is 25.7 Å². The van der Waals surface area contributed by atoms with Crippen molar-refractivity contribution in [3.63, 3.8) is 0 Å². The quantitative estimate of drug-likeness (QED) is 0.601. The monoisotopic (exact) mass is 208 g/mol. The lowest BCUT2D eigenvalue weighted by Crippen LogP contribution is -2.28. The average molecular weight is 208 g/mol. The molecule has 3 nitrogen and oxygen atoms in total. The SMILES string of the molecule is O=c1c2c(nc3n1CCS3)CCCC2. The molecule has 0 saturated carbocycles. The van der Waals surface area contributed by atoms with Crippen molar-refractivity contribution in [2.75, 3.05) is 5.75 Å². The van der Waals surface area contributed by atoms with Crippen LogP contribution in [0, 0.1) is 0 Å². The summed E-state index contributed by atoms with van der Waals surface area (Å²) < 4.78 is 1.84. The van der Waals surface area contributed by atoms with Gasteiger partial charge in [-0.25, -0.2) is 4.98 Å². The van der Waals surface area contributed by atoms with Crippen LogP contribution in [0.15, 0.2) is 9.95 Å². The largest absolute Gasteiger partial charge is 0.287 e. The van der Waals surface area contributed by atoms with Gasteiger partial charge in [-0.1, -0.05) is 11.8 Å². The molecule has 0 fully saturated rings. The maximum absolute atomic E-state index is 12.0. The van der Waals surface area contributed by atoms with E-state index in [0.29, 0.717) is 0 Å². The molecule has 1 aliphatic heterocycles. The number of rotatable bonds is 0. The van der Waals surface area contributed by atoms with Gasteiger partial charge in [0.05, 0.1) is 5.69 Å². The lowest BCUT2D eigenvalue weighted by atomic mass is 9.97. The average Bonchev–Trinajstić information content (AvgIpc) is 2.66. The Labute approximate surface area is 86.5 Å². The number of aromatic nitrogens is 2. The first kappa shape index (κ1) is 8.53. The third kappa shape index (κ3) is 1.13. The van der Waals surface area contributed by atoms with E-state index < -0.39 is 0 Å². The Balaban J connectivity index is 2.25.